The van der Waals surface area contributed by atoms with Crippen LogP contribution in [0.15, 0.2) is 43.0 Å². The fourth-order valence-electron chi connectivity index (χ4n) is 3.11. The van der Waals surface area contributed by atoms with E-state index in [1.165, 1.54) is 5.56 Å². The van der Waals surface area contributed by atoms with E-state index in [0.717, 1.165) is 24.9 Å². The third-order valence-corrected chi connectivity index (χ3v) is 4.44. The van der Waals surface area contributed by atoms with Gasteiger partial charge in [0.1, 0.15) is 0 Å². The lowest BCUT2D eigenvalue weighted by atomic mass is 9.96. The van der Waals surface area contributed by atoms with Crippen LogP contribution in [-0.4, -0.2) is 22.3 Å². The van der Waals surface area contributed by atoms with Gasteiger partial charge in [0.25, 0.3) is 0 Å². The second kappa shape index (κ2) is 6.85. The van der Waals surface area contributed by atoms with Crippen molar-refractivity contribution in [3.05, 3.63) is 54.1 Å². The Morgan fingerprint density at radius 3 is 2.65 bits per heavy atom. The van der Waals surface area contributed by atoms with Gasteiger partial charge >= 0.3 is 0 Å². The van der Waals surface area contributed by atoms with Crippen LogP contribution in [0.5, 0.6) is 0 Å². The van der Waals surface area contributed by atoms with E-state index in [1.807, 2.05) is 18.7 Å². The maximum atomic E-state index is 6.21. The first-order valence-electron chi connectivity index (χ1n) is 8.47. The normalized spacial score (nSPS) is 24.4. The molecule has 2 unspecified atom stereocenters. The average molecular weight is 314 g/mol. The van der Waals surface area contributed by atoms with Crippen molar-refractivity contribution < 1.29 is 9.47 Å². The van der Waals surface area contributed by atoms with Crippen molar-refractivity contribution in [1.82, 2.24) is 9.55 Å². The summed E-state index contributed by atoms with van der Waals surface area (Å²) in [5, 5.41) is 0. The Bertz CT molecular complexity index is 607. The summed E-state index contributed by atoms with van der Waals surface area (Å²) in [7, 11) is 0. The van der Waals surface area contributed by atoms with E-state index in [2.05, 4.69) is 54.6 Å². The number of hydrogen-bond donors (Lipinski definition) is 0. The van der Waals surface area contributed by atoms with E-state index in [4.69, 9.17) is 9.47 Å². The van der Waals surface area contributed by atoms with E-state index in [9.17, 15) is 0 Å². The lowest BCUT2D eigenvalue weighted by Crippen LogP contribution is -2.28. The fourth-order valence-corrected chi connectivity index (χ4v) is 3.11. The van der Waals surface area contributed by atoms with E-state index in [-0.39, 0.29) is 6.10 Å². The van der Waals surface area contributed by atoms with E-state index >= 15 is 0 Å². The zero-order valence-electron chi connectivity index (χ0n) is 14.2. The SMILES string of the molecule is CC1COC(CCCn2ccnc2)(c2ccc(C(C)C)cc2)O1. The first-order valence-corrected chi connectivity index (χ1v) is 8.47. The molecule has 4 nitrogen and oxygen atoms in total. The number of aromatic nitrogens is 2. The minimum Gasteiger partial charge on any atom is -0.343 e. The molecule has 4 heteroatoms. The maximum Gasteiger partial charge on any atom is 0.195 e. The molecular weight excluding hydrogens is 288 g/mol. The summed E-state index contributed by atoms with van der Waals surface area (Å²) in [6, 6.07) is 8.69. The molecule has 1 aromatic heterocycles. The Hall–Kier alpha value is -1.65. The second-order valence-corrected chi connectivity index (χ2v) is 6.67. The summed E-state index contributed by atoms with van der Waals surface area (Å²) in [5.74, 6) is -0.0687. The molecule has 3 rings (SSSR count). The van der Waals surface area contributed by atoms with Gasteiger partial charge in [0.15, 0.2) is 5.79 Å². The summed E-state index contributed by atoms with van der Waals surface area (Å²) in [6.07, 6.45) is 7.61. The lowest BCUT2D eigenvalue weighted by Gasteiger charge is -2.29. The third kappa shape index (κ3) is 3.65. The van der Waals surface area contributed by atoms with Gasteiger partial charge in [-0.25, -0.2) is 4.98 Å². The minimum absolute atomic E-state index is 0.132. The van der Waals surface area contributed by atoms with Gasteiger partial charge in [-0.1, -0.05) is 38.1 Å². The van der Waals surface area contributed by atoms with Gasteiger partial charge in [0.2, 0.25) is 0 Å². The first kappa shape index (κ1) is 16.2. The number of hydrogen-bond acceptors (Lipinski definition) is 3. The molecule has 0 saturated carbocycles. The van der Waals surface area contributed by atoms with Gasteiger partial charge in [0, 0.05) is 30.9 Å². The van der Waals surface area contributed by atoms with Crippen molar-refractivity contribution in [2.45, 2.75) is 58.0 Å². The van der Waals surface area contributed by atoms with Gasteiger partial charge < -0.3 is 14.0 Å². The van der Waals surface area contributed by atoms with Crippen LogP contribution in [0.1, 0.15) is 50.7 Å². The molecule has 1 aliphatic heterocycles. The van der Waals surface area contributed by atoms with Crippen molar-refractivity contribution in [3.63, 3.8) is 0 Å². The Morgan fingerprint density at radius 1 is 1.30 bits per heavy atom. The monoisotopic (exact) mass is 314 g/mol. The predicted octanol–water partition coefficient (Wildman–Crippen LogP) is 4.08. The molecule has 0 aliphatic carbocycles. The summed E-state index contributed by atoms with van der Waals surface area (Å²) in [4.78, 5) is 4.09. The molecule has 1 saturated heterocycles. The standard InChI is InChI=1S/C19H26N2O2/c1-15(2)17-5-7-18(8-6-17)19(22-13-16(3)23-19)9-4-11-21-12-10-20-14-21/h5-8,10,12,14-16H,4,9,11,13H2,1-3H3. The molecule has 0 bridgehead atoms. The number of ether oxygens (including phenoxy) is 2. The Labute approximate surface area is 138 Å². The summed E-state index contributed by atoms with van der Waals surface area (Å²) in [5.41, 5.74) is 2.46. The van der Waals surface area contributed by atoms with Crippen molar-refractivity contribution in [2.75, 3.05) is 6.61 Å². The van der Waals surface area contributed by atoms with Gasteiger partial charge in [-0.05, 0) is 24.8 Å². The van der Waals surface area contributed by atoms with Gasteiger partial charge in [-0.15, -0.1) is 0 Å². The molecular formula is C19H26N2O2. The van der Waals surface area contributed by atoms with Crippen LogP contribution in [-0.2, 0) is 21.8 Å². The second-order valence-electron chi connectivity index (χ2n) is 6.67. The highest BCUT2D eigenvalue weighted by Crippen LogP contribution is 2.39. The fraction of sp³-hybridized carbons (Fsp3) is 0.526. The molecule has 1 aliphatic rings. The minimum atomic E-state index is -0.602. The first-order chi connectivity index (χ1) is 11.1. The average Bonchev–Trinajstić information content (AvgIpc) is 3.18. The summed E-state index contributed by atoms with van der Waals surface area (Å²) >= 11 is 0. The number of benzene rings is 1. The maximum absolute atomic E-state index is 6.21. The quantitative estimate of drug-likeness (QED) is 0.806. The van der Waals surface area contributed by atoms with Crippen LogP contribution in [0.4, 0.5) is 0 Å². The topological polar surface area (TPSA) is 36.3 Å². The van der Waals surface area contributed by atoms with Crippen molar-refractivity contribution >= 4 is 0 Å². The molecule has 0 spiro atoms. The van der Waals surface area contributed by atoms with Gasteiger partial charge in [0.05, 0.1) is 19.0 Å². The zero-order chi connectivity index (χ0) is 16.3. The molecule has 2 heterocycles. The third-order valence-electron chi connectivity index (χ3n) is 4.44. The van der Waals surface area contributed by atoms with Gasteiger partial charge in [-0.3, -0.25) is 0 Å². The highest BCUT2D eigenvalue weighted by atomic mass is 16.7. The van der Waals surface area contributed by atoms with Crippen LogP contribution in [0.2, 0.25) is 0 Å². The number of aryl methyl sites for hydroxylation is 1. The van der Waals surface area contributed by atoms with Crippen molar-refractivity contribution in [2.24, 2.45) is 0 Å². The molecule has 124 valence electrons. The summed E-state index contributed by atoms with van der Waals surface area (Å²) in [6.45, 7) is 8.06. The summed E-state index contributed by atoms with van der Waals surface area (Å²) < 4.78 is 14.4. The zero-order valence-corrected chi connectivity index (χ0v) is 14.2. The Kier molecular flexibility index (Phi) is 4.83. The number of rotatable bonds is 6. The van der Waals surface area contributed by atoms with Crippen LogP contribution < -0.4 is 0 Å². The van der Waals surface area contributed by atoms with E-state index in [0.29, 0.717) is 12.5 Å². The molecule has 2 aromatic rings. The number of imidazole rings is 1. The Morgan fingerprint density at radius 2 is 2.09 bits per heavy atom. The molecule has 0 N–H and O–H groups in total. The van der Waals surface area contributed by atoms with Crippen molar-refractivity contribution in [1.29, 1.82) is 0 Å². The van der Waals surface area contributed by atoms with Crippen LogP contribution in [0.3, 0.4) is 0 Å². The van der Waals surface area contributed by atoms with Gasteiger partial charge in [-0.2, -0.15) is 0 Å². The predicted molar refractivity (Wildman–Crippen MR) is 90.2 cm³/mol. The molecule has 1 fully saturated rings. The Balaban J connectivity index is 1.73. The van der Waals surface area contributed by atoms with Crippen LogP contribution in [0.25, 0.3) is 0 Å². The van der Waals surface area contributed by atoms with Crippen LogP contribution >= 0.6 is 0 Å². The van der Waals surface area contributed by atoms with E-state index < -0.39 is 5.79 Å². The molecule has 0 amide bonds. The van der Waals surface area contributed by atoms with Crippen molar-refractivity contribution in [3.8, 4) is 0 Å². The highest BCUT2D eigenvalue weighted by molar-refractivity contribution is 5.28. The largest absolute Gasteiger partial charge is 0.343 e. The molecule has 1 aromatic carbocycles. The molecule has 2 atom stereocenters. The molecule has 0 radical (unpaired) electrons. The lowest BCUT2D eigenvalue weighted by molar-refractivity contribution is -0.181. The highest BCUT2D eigenvalue weighted by Gasteiger charge is 2.41. The van der Waals surface area contributed by atoms with Crippen LogP contribution in [0, 0.1) is 0 Å². The number of nitrogens with zero attached hydrogens (tertiary/aromatic N) is 2. The van der Waals surface area contributed by atoms with E-state index in [1.54, 1.807) is 0 Å². The molecule has 23 heavy (non-hydrogen) atoms. The smallest absolute Gasteiger partial charge is 0.195 e.